The molecular weight excluding hydrogens is 397 g/mol. The molecule has 1 amide bonds. The molecule has 1 aliphatic rings. The van der Waals surface area contributed by atoms with Crippen LogP contribution in [0.1, 0.15) is 25.3 Å². The lowest BCUT2D eigenvalue weighted by molar-refractivity contribution is -0.192. The second-order valence-electron chi connectivity index (χ2n) is 6.93. The number of nitrogens with zero attached hydrogens (tertiary/aromatic N) is 2. The fourth-order valence-corrected chi connectivity index (χ4v) is 3.43. The number of benzene rings is 2. The van der Waals surface area contributed by atoms with Crippen LogP contribution >= 0.6 is 0 Å². The van der Waals surface area contributed by atoms with Crippen LogP contribution in [0.3, 0.4) is 0 Å². The van der Waals surface area contributed by atoms with Gasteiger partial charge in [0.05, 0.1) is 18.2 Å². The first-order valence-electron chi connectivity index (χ1n) is 9.59. The second kappa shape index (κ2) is 9.08. The van der Waals surface area contributed by atoms with E-state index >= 15 is 0 Å². The lowest BCUT2D eigenvalue weighted by Gasteiger charge is -2.39. The summed E-state index contributed by atoms with van der Waals surface area (Å²) in [6, 6.07) is 14.2. The molecule has 1 saturated heterocycles. The highest BCUT2D eigenvalue weighted by atomic mass is 19.4. The van der Waals surface area contributed by atoms with Gasteiger partial charge in [0.15, 0.2) is 0 Å². The summed E-state index contributed by atoms with van der Waals surface area (Å²) in [5.41, 5.74) is 2.38. The van der Waals surface area contributed by atoms with Crippen LogP contribution in [0.5, 0.6) is 5.75 Å². The van der Waals surface area contributed by atoms with E-state index in [2.05, 4.69) is 6.07 Å². The van der Waals surface area contributed by atoms with Gasteiger partial charge in [-0.05, 0) is 42.3 Å². The van der Waals surface area contributed by atoms with E-state index in [1.807, 2.05) is 24.3 Å². The maximum absolute atomic E-state index is 13.5. The van der Waals surface area contributed by atoms with Crippen molar-refractivity contribution >= 4 is 6.09 Å². The van der Waals surface area contributed by atoms with E-state index in [-0.39, 0.29) is 26.0 Å². The first kappa shape index (κ1) is 21.5. The van der Waals surface area contributed by atoms with Gasteiger partial charge in [0.1, 0.15) is 17.9 Å². The van der Waals surface area contributed by atoms with Gasteiger partial charge in [-0.1, -0.05) is 24.3 Å². The maximum atomic E-state index is 13.5. The fourth-order valence-electron chi connectivity index (χ4n) is 3.43. The summed E-state index contributed by atoms with van der Waals surface area (Å²) in [5, 5.41) is 8.87. The average molecular weight is 418 g/mol. The number of amides is 1. The summed E-state index contributed by atoms with van der Waals surface area (Å²) in [6.07, 6.45) is -6.25. The van der Waals surface area contributed by atoms with Crippen LogP contribution in [0, 0.1) is 11.3 Å². The van der Waals surface area contributed by atoms with Gasteiger partial charge in [0.25, 0.3) is 0 Å². The Bertz CT molecular complexity index is 905. The highest BCUT2D eigenvalue weighted by molar-refractivity contribution is 5.68. The Morgan fingerprint density at radius 3 is 2.27 bits per heavy atom. The van der Waals surface area contributed by atoms with Gasteiger partial charge in [-0.3, -0.25) is 4.90 Å². The Morgan fingerprint density at radius 1 is 1.13 bits per heavy atom. The molecule has 0 bridgehead atoms. The lowest BCUT2D eigenvalue weighted by Crippen LogP contribution is -2.55. The standard InChI is InChI=1S/C22H21F3N2O3/c1-2-29-21(28)27-12-11-19(13-20(27)22(23,24)25)30-18-9-7-17(8-10-18)16-5-3-15(14-26)4-6-16/h3-10,19-20H,2,11-13H2,1H3. The largest absolute Gasteiger partial charge is 0.490 e. The molecule has 158 valence electrons. The van der Waals surface area contributed by atoms with Crippen LogP contribution in [0.15, 0.2) is 48.5 Å². The molecule has 0 aromatic heterocycles. The van der Waals surface area contributed by atoms with E-state index < -0.39 is 24.4 Å². The van der Waals surface area contributed by atoms with Gasteiger partial charge in [-0.25, -0.2) is 4.79 Å². The molecule has 1 fully saturated rings. The monoisotopic (exact) mass is 418 g/mol. The predicted molar refractivity (Wildman–Crippen MR) is 104 cm³/mol. The van der Waals surface area contributed by atoms with E-state index in [1.165, 1.54) is 0 Å². The molecule has 3 rings (SSSR count). The fraction of sp³-hybridized carbons (Fsp3) is 0.364. The molecule has 2 unspecified atom stereocenters. The van der Waals surface area contributed by atoms with E-state index in [0.29, 0.717) is 11.3 Å². The number of nitriles is 1. The van der Waals surface area contributed by atoms with Gasteiger partial charge in [-0.2, -0.15) is 18.4 Å². The maximum Gasteiger partial charge on any atom is 0.410 e. The number of piperidine rings is 1. The molecule has 1 heterocycles. The SMILES string of the molecule is CCOC(=O)N1CCC(Oc2ccc(-c3ccc(C#N)cc3)cc2)CC1C(F)(F)F. The summed E-state index contributed by atoms with van der Waals surface area (Å²) in [4.78, 5) is 12.6. The first-order chi connectivity index (χ1) is 14.3. The van der Waals surface area contributed by atoms with Gasteiger partial charge in [-0.15, -0.1) is 0 Å². The third kappa shape index (κ3) is 5.03. The Hall–Kier alpha value is -3.21. The smallest absolute Gasteiger partial charge is 0.410 e. The number of alkyl halides is 3. The number of hydrogen-bond acceptors (Lipinski definition) is 4. The topological polar surface area (TPSA) is 62.6 Å². The van der Waals surface area contributed by atoms with Crippen LogP contribution < -0.4 is 4.74 Å². The normalized spacial score (nSPS) is 19.1. The number of rotatable bonds is 4. The van der Waals surface area contributed by atoms with Crippen molar-refractivity contribution in [1.29, 1.82) is 5.26 Å². The Kier molecular flexibility index (Phi) is 6.50. The van der Waals surface area contributed by atoms with E-state index in [9.17, 15) is 18.0 Å². The van der Waals surface area contributed by atoms with Crippen molar-refractivity contribution in [2.75, 3.05) is 13.2 Å². The van der Waals surface area contributed by atoms with Gasteiger partial charge in [0, 0.05) is 19.4 Å². The molecule has 0 spiro atoms. The van der Waals surface area contributed by atoms with Crippen molar-refractivity contribution in [3.63, 3.8) is 0 Å². The molecule has 2 aromatic rings. The van der Waals surface area contributed by atoms with Crippen molar-refractivity contribution in [1.82, 2.24) is 4.90 Å². The van der Waals surface area contributed by atoms with Gasteiger partial charge < -0.3 is 9.47 Å². The van der Waals surface area contributed by atoms with Gasteiger partial charge in [0.2, 0.25) is 0 Å². The predicted octanol–water partition coefficient (Wildman–Crippen LogP) is 5.16. The van der Waals surface area contributed by atoms with Crippen LogP contribution in [0.4, 0.5) is 18.0 Å². The van der Waals surface area contributed by atoms with Crippen LogP contribution in [-0.4, -0.2) is 42.5 Å². The highest BCUT2D eigenvalue weighted by Gasteiger charge is 2.49. The van der Waals surface area contributed by atoms with Crippen LogP contribution in [0.2, 0.25) is 0 Å². The number of carbonyl (C=O) groups is 1. The second-order valence-corrected chi connectivity index (χ2v) is 6.93. The van der Waals surface area contributed by atoms with Crippen molar-refractivity contribution in [2.24, 2.45) is 0 Å². The molecule has 0 N–H and O–H groups in total. The Labute approximate surface area is 172 Å². The highest BCUT2D eigenvalue weighted by Crippen LogP contribution is 2.34. The first-order valence-corrected chi connectivity index (χ1v) is 9.59. The minimum absolute atomic E-state index is 0.0193. The summed E-state index contributed by atoms with van der Waals surface area (Å²) < 4.78 is 51.0. The third-order valence-electron chi connectivity index (χ3n) is 4.94. The molecule has 1 aliphatic heterocycles. The van der Waals surface area contributed by atoms with Crippen LogP contribution in [-0.2, 0) is 4.74 Å². The molecule has 8 heteroatoms. The third-order valence-corrected chi connectivity index (χ3v) is 4.94. The Morgan fingerprint density at radius 2 is 1.73 bits per heavy atom. The number of hydrogen-bond donors (Lipinski definition) is 0. The Balaban J connectivity index is 1.67. The van der Waals surface area contributed by atoms with E-state index in [0.717, 1.165) is 16.0 Å². The number of likely N-dealkylation sites (tertiary alicyclic amines) is 1. The number of carbonyl (C=O) groups excluding carboxylic acids is 1. The molecular formula is C22H21F3N2O3. The number of ether oxygens (including phenoxy) is 2. The molecule has 0 saturated carbocycles. The zero-order valence-corrected chi connectivity index (χ0v) is 16.4. The zero-order chi connectivity index (χ0) is 21.7. The summed E-state index contributed by atoms with van der Waals surface area (Å²) in [7, 11) is 0. The van der Waals surface area contributed by atoms with E-state index in [1.54, 1.807) is 31.2 Å². The van der Waals surface area contributed by atoms with Crippen molar-refractivity contribution in [3.8, 4) is 22.9 Å². The van der Waals surface area contributed by atoms with Crippen molar-refractivity contribution < 1.29 is 27.4 Å². The van der Waals surface area contributed by atoms with Crippen molar-refractivity contribution in [2.45, 2.75) is 38.1 Å². The van der Waals surface area contributed by atoms with Crippen LogP contribution in [0.25, 0.3) is 11.1 Å². The minimum Gasteiger partial charge on any atom is -0.490 e. The van der Waals surface area contributed by atoms with Gasteiger partial charge >= 0.3 is 12.3 Å². The molecule has 5 nitrogen and oxygen atoms in total. The lowest BCUT2D eigenvalue weighted by atomic mass is 9.99. The molecule has 2 aromatic carbocycles. The zero-order valence-electron chi connectivity index (χ0n) is 16.4. The average Bonchev–Trinajstić information content (AvgIpc) is 2.74. The molecule has 0 radical (unpaired) electrons. The molecule has 2 atom stereocenters. The molecule has 0 aliphatic carbocycles. The summed E-state index contributed by atoms with van der Waals surface area (Å²) in [5.74, 6) is 0.461. The van der Waals surface area contributed by atoms with E-state index in [4.69, 9.17) is 14.7 Å². The number of halogens is 3. The summed E-state index contributed by atoms with van der Waals surface area (Å²) in [6.45, 7) is 1.49. The van der Waals surface area contributed by atoms with Crippen molar-refractivity contribution in [3.05, 3.63) is 54.1 Å². The summed E-state index contributed by atoms with van der Waals surface area (Å²) >= 11 is 0. The quantitative estimate of drug-likeness (QED) is 0.688. The molecule has 30 heavy (non-hydrogen) atoms. The minimum atomic E-state index is -4.56.